The van der Waals surface area contributed by atoms with Crippen molar-refractivity contribution in [3.63, 3.8) is 0 Å². The van der Waals surface area contributed by atoms with Crippen LogP contribution in [0, 0.1) is 5.82 Å². The number of halogens is 4. The second-order valence-corrected chi connectivity index (χ2v) is 8.19. The van der Waals surface area contributed by atoms with Gasteiger partial charge in [0.25, 0.3) is 5.91 Å². The molecule has 1 unspecified atom stereocenters. The molecule has 0 radical (unpaired) electrons. The summed E-state index contributed by atoms with van der Waals surface area (Å²) in [6.07, 6.45) is -3.14. The van der Waals surface area contributed by atoms with Crippen molar-refractivity contribution >= 4 is 5.91 Å². The van der Waals surface area contributed by atoms with E-state index in [0.29, 0.717) is 37.6 Å². The predicted octanol–water partition coefficient (Wildman–Crippen LogP) is 4.98. The summed E-state index contributed by atoms with van der Waals surface area (Å²) in [5, 5.41) is 0. The molecule has 0 bridgehead atoms. The van der Waals surface area contributed by atoms with Gasteiger partial charge in [-0.15, -0.1) is 0 Å². The molecule has 0 saturated carbocycles. The standard InChI is InChI=1S/C25H24F4N2O3/c26-21-9-5-19(6-10-21)24(32)31(16-22-2-1-12-33-22)17-23-15-30(11-13-34-23)14-18-3-7-20(8-4-18)25(27,28)29/h1-10,12,23H,11,13-17H2. The van der Waals surface area contributed by atoms with Crippen LogP contribution in [0.2, 0.25) is 0 Å². The van der Waals surface area contributed by atoms with Gasteiger partial charge in [0.1, 0.15) is 11.6 Å². The van der Waals surface area contributed by atoms with Crippen LogP contribution in [0.15, 0.2) is 71.3 Å². The SMILES string of the molecule is O=C(c1ccc(F)cc1)N(Cc1ccco1)CC1CN(Cc2ccc(C(F)(F)F)cc2)CCO1. The summed E-state index contributed by atoms with van der Waals surface area (Å²) in [7, 11) is 0. The molecule has 1 atom stereocenters. The van der Waals surface area contributed by atoms with Crippen molar-refractivity contribution in [2.45, 2.75) is 25.4 Å². The summed E-state index contributed by atoms with van der Waals surface area (Å²) in [4.78, 5) is 16.8. The second-order valence-electron chi connectivity index (χ2n) is 8.19. The zero-order chi connectivity index (χ0) is 24.1. The molecular weight excluding hydrogens is 452 g/mol. The molecule has 1 aliphatic rings. The molecule has 1 aliphatic heterocycles. The summed E-state index contributed by atoms with van der Waals surface area (Å²) < 4.78 is 63.0. The van der Waals surface area contributed by atoms with Crippen LogP contribution in [-0.2, 0) is 24.0 Å². The van der Waals surface area contributed by atoms with Gasteiger partial charge in [-0.25, -0.2) is 4.39 Å². The normalized spacial score (nSPS) is 17.0. The average Bonchev–Trinajstić information content (AvgIpc) is 3.32. The lowest BCUT2D eigenvalue weighted by Gasteiger charge is -2.35. The van der Waals surface area contributed by atoms with E-state index in [9.17, 15) is 22.4 Å². The summed E-state index contributed by atoms with van der Waals surface area (Å²) in [6, 6.07) is 14.0. The first-order valence-corrected chi connectivity index (χ1v) is 10.9. The fraction of sp³-hybridized carbons (Fsp3) is 0.320. The molecule has 9 heteroatoms. The maximum Gasteiger partial charge on any atom is 0.416 e. The smallest absolute Gasteiger partial charge is 0.416 e. The number of nitrogens with zero attached hydrogens (tertiary/aromatic N) is 2. The molecule has 3 aromatic rings. The molecule has 4 rings (SSSR count). The van der Waals surface area contributed by atoms with Gasteiger partial charge in [-0.05, 0) is 54.1 Å². The molecule has 5 nitrogen and oxygen atoms in total. The Balaban J connectivity index is 1.42. The molecule has 1 aromatic heterocycles. The van der Waals surface area contributed by atoms with Crippen LogP contribution in [0.5, 0.6) is 0 Å². The van der Waals surface area contributed by atoms with Crippen LogP contribution in [0.4, 0.5) is 17.6 Å². The Labute approximate surface area is 194 Å². The van der Waals surface area contributed by atoms with Crippen LogP contribution in [-0.4, -0.2) is 48.1 Å². The number of rotatable bonds is 7. The van der Waals surface area contributed by atoms with E-state index in [4.69, 9.17) is 9.15 Å². The molecule has 34 heavy (non-hydrogen) atoms. The van der Waals surface area contributed by atoms with Gasteiger partial charge in [0.2, 0.25) is 0 Å². The fourth-order valence-corrected chi connectivity index (χ4v) is 3.92. The van der Waals surface area contributed by atoms with Crippen molar-refractivity contribution in [1.29, 1.82) is 0 Å². The molecule has 180 valence electrons. The molecule has 2 aromatic carbocycles. The van der Waals surface area contributed by atoms with Gasteiger partial charge in [-0.3, -0.25) is 9.69 Å². The number of hydrogen-bond acceptors (Lipinski definition) is 4. The maximum atomic E-state index is 13.3. The Hall–Kier alpha value is -3.17. The number of hydrogen-bond donors (Lipinski definition) is 0. The van der Waals surface area contributed by atoms with Crippen LogP contribution in [0.3, 0.4) is 0 Å². The second kappa shape index (κ2) is 10.4. The van der Waals surface area contributed by atoms with Gasteiger partial charge in [0.05, 0.1) is 31.1 Å². The number of furan rings is 1. The molecular formula is C25H24F4N2O3. The molecule has 0 spiro atoms. The van der Waals surface area contributed by atoms with Gasteiger partial charge in [0.15, 0.2) is 0 Å². The van der Waals surface area contributed by atoms with Gasteiger partial charge >= 0.3 is 6.18 Å². The van der Waals surface area contributed by atoms with Crippen LogP contribution in [0.1, 0.15) is 27.2 Å². The van der Waals surface area contributed by atoms with Crippen molar-refractivity contribution in [2.75, 3.05) is 26.2 Å². The number of morpholine rings is 1. The Morgan fingerprint density at radius 3 is 2.44 bits per heavy atom. The van der Waals surface area contributed by atoms with Gasteiger partial charge in [0, 0.05) is 31.7 Å². The van der Waals surface area contributed by atoms with Crippen LogP contribution in [0.25, 0.3) is 0 Å². The summed E-state index contributed by atoms with van der Waals surface area (Å²) >= 11 is 0. The molecule has 1 fully saturated rings. The van der Waals surface area contributed by atoms with Gasteiger partial charge in [-0.1, -0.05) is 12.1 Å². The van der Waals surface area contributed by atoms with E-state index in [2.05, 4.69) is 4.90 Å². The Bertz CT molecular complexity index is 1070. The minimum absolute atomic E-state index is 0.224. The largest absolute Gasteiger partial charge is 0.467 e. The number of benzene rings is 2. The molecule has 0 N–H and O–H groups in total. The average molecular weight is 476 g/mol. The summed E-state index contributed by atoms with van der Waals surface area (Å²) in [5.41, 5.74) is 0.442. The zero-order valence-corrected chi connectivity index (χ0v) is 18.3. The van der Waals surface area contributed by atoms with E-state index in [-0.39, 0.29) is 25.1 Å². The Morgan fingerprint density at radius 2 is 1.79 bits per heavy atom. The first kappa shape index (κ1) is 24.0. The number of ether oxygens (including phenoxy) is 1. The van der Waals surface area contributed by atoms with Crippen molar-refractivity contribution in [3.05, 3.63) is 95.2 Å². The van der Waals surface area contributed by atoms with E-state index < -0.39 is 17.6 Å². The first-order chi connectivity index (χ1) is 16.3. The van der Waals surface area contributed by atoms with Crippen molar-refractivity contribution < 1.29 is 31.5 Å². The number of carbonyl (C=O) groups is 1. The van der Waals surface area contributed by atoms with Crippen LogP contribution < -0.4 is 0 Å². The van der Waals surface area contributed by atoms with E-state index in [1.54, 1.807) is 17.0 Å². The van der Waals surface area contributed by atoms with E-state index >= 15 is 0 Å². The summed E-state index contributed by atoms with van der Waals surface area (Å²) in [6.45, 7) is 2.54. The fourth-order valence-electron chi connectivity index (χ4n) is 3.92. The molecule has 0 aliphatic carbocycles. The monoisotopic (exact) mass is 476 g/mol. The maximum absolute atomic E-state index is 13.3. The van der Waals surface area contributed by atoms with Gasteiger partial charge in [-0.2, -0.15) is 13.2 Å². The first-order valence-electron chi connectivity index (χ1n) is 10.9. The third-order valence-electron chi connectivity index (χ3n) is 5.64. The lowest BCUT2D eigenvalue weighted by atomic mass is 10.1. The number of amides is 1. The molecule has 2 heterocycles. The lowest BCUT2D eigenvalue weighted by Crippen LogP contribution is -2.48. The minimum atomic E-state index is -4.36. The highest BCUT2D eigenvalue weighted by molar-refractivity contribution is 5.94. The topological polar surface area (TPSA) is 45.9 Å². The minimum Gasteiger partial charge on any atom is -0.467 e. The third kappa shape index (κ3) is 6.24. The summed E-state index contributed by atoms with van der Waals surface area (Å²) in [5.74, 6) is -0.101. The van der Waals surface area contributed by atoms with Crippen molar-refractivity contribution in [1.82, 2.24) is 9.80 Å². The van der Waals surface area contributed by atoms with Crippen molar-refractivity contribution in [2.24, 2.45) is 0 Å². The Kier molecular flexibility index (Phi) is 7.33. The van der Waals surface area contributed by atoms with Crippen LogP contribution >= 0.6 is 0 Å². The van der Waals surface area contributed by atoms with E-state index in [0.717, 1.165) is 17.7 Å². The Morgan fingerprint density at radius 1 is 1.06 bits per heavy atom. The van der Waals surface area contributed by atoms with Crippen molar-refractivity contribution in [3.8, 4) is 0 Å². The van der Waals surface area contributed by atoms with E-state index in [1.165, 1.54) is 42.7 Å². The predicted molar refractivity (Wildman–Crippen MR) is 116 cm³/mol. The lowest BCUT2D eigenvalue weighted by molar-refractivity contribution is -0.137. The van der Waals surface area contributed by atoms with Gasteiger partial charge < -0.3 is 14.1 Å². The highest BCUT2D eigenvalue weighted by Gasteiger charge is 2.30. The third-order valence-corrected chi connectivity index (χ3v) is 5.64. The highest BCUT2D eigenvalue weighted by atomic mass is 19.4. The molecule has 1 amide bonds. The molecule has 1 saturated heterocycles. The number of carbonyl (C=O) groups excluding carboxylic acids is 1. The zero-order valence-electron chi connectivity index (χ0n) is 18.3. The number of alkyl halides is 3. The quantitative estimate of drug-likeness (QED) is 0.452. The van der Waals surface area contributed by atoms with E-state index in [1.807, 2.05) is 0 Å². The highest BCUT2D eigenvalue weighted by Crippen LogP contribution is 2.29.